The number of fused-ring (bicyclic) bond motifs is 2. The van der Waals surface area contributed by atoms with Crippen molar-refractivity contribution in [1.82, 2.24) is 5.43 Å². The Bertz CT molecular complexity index is 1660. The van der Waals surface area contributed by atoms with E-state index in [1.54, 1.807) is 25.1 Å². The number of carbonyl (C=O) groups excluding carboxylic acids is 3. The number of thiophene rings is 1. The molecule has 2 N–H and O–H groups in total. The predicted molar refractivity (Wildman–Crippen MR) is 161 cm³/mol. The molecule has 1 atom stereocenters. The van der Waals surface area contributed by atoms with Gasteiger partial charge in [-0.1, -0.05) is 49.4 Å². The normalized spacial score (nSPS) is 14.4. The summed E-state index contributed by atoms with van der Waals surface area (Å²) >= 11 is 1.31. The predicted octanol–water partition coefficient (Wildman–Crippen LogP) is 6.01. The van der Waals surface area contributed by atoms with Gasteiger partial charge in [-0.05, 0) is 72.2 Å². The number of hydrogen-bond acceptors (Lipinski definition) is 7. The monoisotopic (exact) mass is 587 g/mol. The van der Waals surface area contributed by atoms with Gasteiger partial charge in [-0.15, -0.1) is 11.3 Å². The molecule has 0 fully saturated rings. The third-order valence-corrected chi connectivity index (χ3v) is 8.19. The molecule has 5 rings (SSSR count). The van der Waals surface area contributed by atoms with E-state index in [0.29, 0.717) is 34.2 Å². The molecule has 8 nitrogen and oxygen atoms in total. The van der Waals surface area contributed by atoms with Crippen LogP contribution in [0.5, 0.6) is 5.75 Å². The fourth-order valence-electron chi connectivity index (χ4n) is 4.90. The summed E-state index contributed by atoms with van der Waals surface area (Å²) in [7, 11) is 0. The maximum atomic E-state index is 13.3. The van der Waals surface area contributed by atoms with E-state index in [1.165, 1.54) is 29.7 Å². The van der Waals surface area contributed by atoms with E-state index >= 15 is 0 Å². The van der Waals surface area contributed by atoms with Gasteiger partial charge in [0.05, 0.1) is 18.4 Å². The molecule has 0 aliphatic heterocycles. The van der Waals surface area contributed by atoms with Crippen molar-refractivity contribution in [2.45, 2.75) is 39.7 Å². The molecule has 0 bridgehead atoms. The maximum absolute atomic E-state index is 13.3. The fourth-order valence-corrected chi connectivity index (χ4v) is 6.29. The van der Waals surface area contributed by atoms with Crippen LogP contribution in [0.4, 0.5) is 9.39 Å². The summed E-state index contributed by atoms with van der Waals surface area (Å²) in [6, 6.07) is 17.3. The van der Waals surface area contributed by atoms with Crippen LogP contribution in [0.25, 0.3) is 10.8 Å². The largest absolute Gasteiger partial charge is 0.488 e. The molecule has 1 aliphatic rings. The number of esters is 1. The number of nitrogens with zero attached hydrogens (tertiary/aromatic N) is 1. The van der Waals surface area contributed by atoms with Crippen molar-refractivity contribution >= 4 is 51.1 Å². The quantitative estimate of drug-likeness (QED) is 0.114. The first-order chi connectivity index (χ1) is 20.3. The average Bonchev–Trinajstić information content (AvgIpc) is 3.34. The first-order valence-electron chi connectivity index (χ1n) is 13.7. The summed E-state index contributed by atoms with van der Waals surface area (Å²) in [5.41, 5.74) is 4.86. The lowest BCUT2D eigenvalue weighted by Gasteiger charge is -2.18. The van der Waals surface area contributed by atoms with Crippen LogP contribution in [0.2, 0.25) is 0 Å². The molecule has 2 amide bonds. The van der Waals surface area contributed by atoms with Crippen LogP contribution < -0.4 is 15.5 Å². The number of rotatable bonds is 8. The topological polar surface area (TPSA) is 106 Å². The number of halogens is 1. The Labute approximate surface area is 246 Å². The minimum atomic E-state index is -0.991. The Kier molecular flexibility index (Phi) is 8.92. The van der Waals surface area contributed by atoms with Crippen LogP contribution in [0.3, 0.4) is 0 Å². The number of amides is 2. The van der Waals surface area contributed by atoms with Crippen LogP contribution in [0.1, 0.15) is 52.2 Å². The number of ether oxygens (including phenoxy) is 2. The van der Waals surface area contributed by atoms with E-state index < -0.39 is 17.8 Å². The van der Waals surface area contributed by atoms with Gasteiger partial charge in [0.25, 0.3) is 0 Å². The second kappa shape index (κ2) is 12.9. The maximum Gasteiger partial charge on any atom is 0.341 e. The van der Waals surface area contributed by atoms with Gasteiger partial charge in [0, 0.05) is 10.4 Å². The third kappa shape index (κ3) is 6.49. The van der Waals surface area contributed by atoms with Gasteiger partial charge in [0.1, 0.15) is 23.2 Å². The Morgan fingerprint density at radius 1 is 1.07 bits per heavy atom. The lowest BCUT2D eigenvalue weighted by molar-refractivity contribution is -0.136. The summed E-state index contributed by atoms with van der Waals surface area (Å²) in [5, 5.41) is 8.70. The molecule has 1 aliphatic carbocycles. The van der Waals surface area contributed by atoms with Crippen LogP contribution in [0.15, 0.2) is 65.8 Å². The van der Waals surface area contributed by atoms with E-state index in [9.17, 15) is 18.8 Å². The molecule has 4 aromatic rings. The summed E-state index contributed by atoms with van der Waals surface area (Å²) in [6.07, 6.45) is 3.87. The van der Waals surface area contributed by atoms with E-state index in [1.807, 2.05) is 30.3 Å². The standard InChI is InChI=1S/C32H30FN3O5S/c1-3-40-32(39)28-24-14-8-19(2)16-27(24)42-31(28)35-29(37)30(38)36-34-17-25-23-7-5-4-6-21(23)11-15-26(25)41-18-20-9-12-22(33)13-10-20/h4-7,9-13,15,17,19H,3,8,14,16,18H2,1-2H3,(H,35,37)(H,36,38)/b34-17+. The highest BCUT2D eigenvalue weighted by molar-refractivity contribution is 7.17. The zero-order chi connectivity index (χ0) is 29.6. The Hall–Kier alpha value is -4.57. The van der Waals surface area contributed by atoms with Crippen molar-refractivity contribution in [2.75, 3.05) is 11.9 Å². The lowest BCUT2D eigenvalue weighted by atomic mass is 9.88. The minimum Gasteiger partial charge on any atom is -0.488 e. The minimum absolute atomic E-state index is 0.195. The van der Waals surface area contributed by atoms with Gasteiger partial charge in [-0.3, -0.25) is 9.59 Å². The second-order valence-corrected chi connectivity index (χ2v) is 11.1. The molecular weight excluding hydrogens is 557 g/mol. The van der Waals surface area contributed by atoms with Gasteiger partial charge in [0.15, 0.2) is 0 Å². The summed E-state index contributed by atoms with van der Waals surface area (Å²) in [6.45, 7) is 4.26. The van der Waals surface area contributed by atoms with Crippen molar-refractivity contribution in [3.8, 4) is 5.75 Å². The Morgan fingerprint density at radius 3 is 2.64 bits per heavy atom. The number of anilines is 1. The second-order valence-electron chi connectivity index (χ2n) is 10.0. The molecule has 1 unspecified atom stereocenters. The average molecular weight is 588 g/mol. The fraction of sp³-hybridized carbons (Fsp3) is 0.250. The highest BCUT2D eigenvalue weighted by atomic mass is 32.1. The smallest absolute Gasteiger partial charge is 0.341 e. The Morgan fingerprint density at radius 2 is 1.86 bits per heavy atom. The first-order valence-corrected chi connectivity index (χ1v) is 14.5. The molecule has 216 valence electrons. The molecule has 0 spiro atoms. The highest BCUT2D eigenvalue weighted by Crippen LogP contribution is 2.40. The third-order valence-electron chi connectivity index (χ3n) is 7.02. The highest BCUT2D eigenvalue weighted by Gasteiger charge is 2.30. The van der Waals surface area contributed by atoms with Gasteiger partial charge < -0.3 is 14.8 Å². The molecule has 1 heterocycles. The molecule has 0 radical (unpaired) electrons. The van der Waals surface area contributed by atoms with Gasteiger partial charge in [0.2, 0.25) is 0 Å². The van der Waals surface area contributed by atoms with Crippen LogP contribution in [-0.4, -0.2) is 30.6 Å². The van der Waals surface area contributed by atoms with E-state index in [0.717, 1.165) is 39.6 Å². The van der Waals surface area contributed by atoms with Gasteiger partial charge >= 0.3 is 17.8 Å². The van der Waals surface area contributed by atoms with E-state index in [-0.39, 0.29) is 19.0 Å². The van der Waals surface area contributed by atoms with Crippen LogP contribution in [0, 0.1) is 11.7 Å². The molecule has 3 aromatic carbocycles. The van der Waals surface area contributed by atoms with E-state index in [4.69, 9.17) is 9.47 Å². The number of hydrogen-bond donors (Lipinski definition) is 2. The van der Waals surface area contributed by atoms with E-state index in [2.05, 4.69) is 22.8 Å². The zero-order valence-electron chi connectivity index (χ0n) is 23.2. The van der Waals surface area contributed by atoms with Crippen molar-refractivity contribution in [3.05, 3.63) is 93.6 Å². The lowest BCUT2D eigenvalue weighted by Crippen LogP contribution is -2.32. The van der Waals surface area contributed by atoms with Crippen molar-refractivity contribution in [1.29, 1.82) is 0 Å². The first kappa shape index (κ1) is 28.9. The van der Waals surface area contributed by atoms with Gasteiger partial charge in [-0.2, -0.15) is 5.10 Å². The Balaban J connectivity index is 1.32. The number of nitrogens with one attached hydrogen (secondary N) is 2. The number of hydrazone groups is 1. The molecular formula is C32H30FN3O5S. The van der Waals surface area contributed by atoms with Gasteiger partial charge in [-0.25, -0.2) is 14.6 Å². The number of benzene rings is 3. The SMILES string of the molecule is CCOC(=O)c1c(NC(=O)C(=O)N/N=C/c2c(OCc3ccc(F)cc3)ccc3ccccc23)sc2c1CCC(C)C2. The summed E-state index contributed by atoms with van der Waals surface area (Å²) in [5.74, 6) is -1.82. The number of carbonyl (C=O) groups is 3. The van der Waals surface area contributed by atoms with Crippen molar-refractivity contribution in [2.24, 2.45) is 11.0 Å². The zero-order valence-corrected chi connectivity index (χ0v) is 24.1. The molecule has 42 heavy (non-hydrogen) atoms. The molecule has 10 heteroatoms. The van der Waals surface area contributed by atoms with Crippen molar-refractivity contribution < 1.29 is 28.2 Å². The molecule has 1 aromatic heterocycles. The molecule has 0 saturated heterocycles. The van der Waals surface area contributed by atoms with Crippen molar-refractivity contribution in [3.63, 3.8) is 0 Å². The summed E-state index contributed by atoms with van der Waals surface area (Å²) in [4.78, 5) is 39.3. The summed E-state index contributed by atoms with van der Waals surface area (Å²) < 4.78 is 24.5. The van der Waals surface area contributed by atoms with Crippen LogP contribution in [-0.2, 0) is 33.8 Å². The molecule has 0 saturated carbocycles. The van der Waals surface area contributed by atoms with Crippen LogP contribution >= 0.6 is 11.3 Å².